The van der Waals surface area contributed by atoms with Crippen LogP contribution < -0.4 is 5.32 Å². The maximum atomic E-state index is 12.8. The summed E-state index contributed by atoms with van der Waals surface area (Å²) >= 11 is 12.4. The molecule has 1 aromatic carbocycles. The van der Waals surface area contributed by atoms with Gasteiger partial charge >= 0.3 is 0 Å². The fourth-order valence-electron chi connectivity index (χ4n) is 4.69. The summed E-state index contributed by atoms with van der Waals surface area (Å²) in [5, 5.41) is 3.75. The quantitative estimate of drug-likeness (QED) is 0.651. The van der Waals surface area contributed by atoms with E-state index in [9.17, 15) is 13.2 Å². The van der Waals surface area contributed by atoms with Crippen LogP contribution in [0.15, 0.2) is 18.2 Å². The van der Waals surface area contributed by atoms with E-state index in [1.165, 1.54) is 6.42 Å². The van der Waals surface area contributed by atoms with Crippen LogP contribution in [0.25, 0.3) is 0 Å². The molecule has 0 spiro atoms. The molecule has 6 nitrogen and oxygen atoms in total. The van der Waals surface area contributed by atoms with Gasteiger partial charge in [0.05, 0.1) is 21.4 Å². The Morgan fingerprint density at radius 2 is 1.67 bits per heavy atom. The molecule has 0 radical (unpaired) electrons. The van der Waals surface area contributed by atoms with Gasteiger partial charge in [-0.25, -0.2) is 8.42 Å². The summed E-state index contributed by atoms with van der Waals surface area (Å²) in [5.41, 5.74) is 0.157. The van der Waals surface area contributed by atoms with Gasteiger partial charge in [-0.05, 0) is 31.4 Å². The molecule has 0 aromatic heterocycles. The fraction of sp³-hybridized carbons (Fsp3) is 0.667. The molecule has 1 aliphatic carbocycles. The van der Waals surface area contributed by atoms with Crippen LogP contribution in [-0.2, 0) is 10.0 Å². The Morgan fingerprint density at radius 1 is 1.07 bits per heavy atom. The third kappa shape index (κ3) is 5.30. The van der Waals surface area contributed by atoms with Crippen LogP contribution in [0.2, 0.25) is 10.0 Å². The summed E-state index contributed by atoms with van der Waals surface area (Å²) < 4.78 is 26.4. The molecule has 1 saturated heterocycles. The monoisotopic (exact) mass is 475 g/mol. The van der Waals surface area contributed by atoms with E-state index in [1.807, 2.05) is 6.92 Å². The van der Waals surface area contributed by atoms with Crippen LogP contribution in [0.3, 0.4) is 0 Å². The third-order valence-corrected chi connectivity index (χ3v) is 9.02. The molecule has 0 unspecified atom stereocenters. The molecule has 168 valence electrons. The number of hydrogen-bond acceptors (Lipinski definition) is 4. The molecule has 2 fully saturated rings. The number of nitrogens with one attached hydrogen (secondary N) is 1. The van der Waals surface area contributed by atoms with E-state index in [4.69, 9.17) is 23.2 Å². The van der Waals surface area contributed by atoms with Crippen LogP contribution in [0.5, 0.6) is 0 Å². The summed E-state index contributed by atoms with van der Waals surface area (Å²) in [6.07, 6.45) is 6.02. The standard InChI is InChI=1S/C21H31Cl2N3O3S/c1-2-15-30(28,29)26-13-11-25(12-14-26)21(9-4-3-5-10-21)16-24-20(27)19-17(22)7-6-8-18(19)23/h6-8H,2-5,9-16H2,1H3,(H,24,27). The van der Waals surface area contributed by atoms with Gasteiger partial charge < -0.3 is 5.32 Å². The van der Waals surface area contributed by atoms with E-state index in [2.05, 4.69) is 10.2 Å². The van der Waals surface area contributed by atoms with Gasteiger partial charge in [-0.1, -0.05) is 55.5 Å². The van der Waals surface area contributed by atoms with Gasteiger partial charge in [0, 0.05) is 38.3 Å². The first-order valence-electron chi connectivity index (χ1n) is 10.7. The maximum Gasteiger partial charge on any atom is 0.254 e. The minimum absolute atomic E-state index is 0.151. The van der Waals surface area contributed by atoms with Crippen LogP contribution in [0.4, 0.5) is 0 Å². The molecular formula is C21H31Cl2N3O3S. The Hall–Kier alpha value is -0.860. The van der Waals surface area contributed by atoms with Gasteiger partial charge in [0.1, 0.15) is 0 Å². The zero-order chi connectivity index (χ0) is 21.8. The van der Waals surface area contributed by atoms with E-state index < -0.39 is 10.0 Å². The zero-order valence-corrected chi connectivity index (χ0v) is 19.8. The number of carbonyl (C=O) groups excluding carboxylic acids is 1. The number of rotatable bonds is 7. The average molecular weight is 476 g/mol. The molecule has 9 heteroatoms. The number of hydrogen-bond donors (Lipinski definition) is 1. The van der Waals surface area contributed by atoms with Gasteiger partial charge in [-0.15, -0.1) is 0 Å². The van der Waals surface area contributed by atoms with E-state index in [0.717, 1.165) is 25.7 Å². The van der Waals surface area contributed by atoms with E-state index in [-0.39, 0.29) is 17.2 Å². The first-order valence-corrected chi connectivity index (χ1v) is 13.1. The van der Waals surface area contributed by atoms with Crippen molar-refractivity contribution in [3.8, 4) is 0 Å². The third-order valence-electron chi connectivity index (χ3n) is 6.32. The van der Waals surface area contributed by atoms with Crippen LogP contribution in [0.1, 0.15) is 55.8 Å². The molecule has 1 saturated carbocycles. The van der Waals surface area contributed by atoms with Crippen molar-refractivity contribution in [1.82, 2.24) is 14.5 Å². The summed E-state index contributed by atoms with van der Waals surface area (Å²) in [6, 6.07) is 5.04. The Kier molecular flexibility index (Phi) is 8.07. The molecule has 1 amide bonds. The number of carbonyl (C=O) groups is 1. The second-order valence-corrected chi connectivity index (χ2v) is 11.2. The average Bonchev–Trinajstić information content (AvgIpc) is 2.73. The second kappa shape index (κ2) is 10.2. The van der Waals surface area contributed by atoms with Crippen molar-refractivity contribution in [2.45, 2.75) is 51.0 Å². The summed E-state index contributed by atoms with van der Waals surface area (Å²) in [7, 11) is -3.17. The van der Waals surface area contributed by atoms with Crippen molar-refractivity contribution in [2.24, 2.45) is 0 Å². The number of amides is 1. The van der Waals surface area contributed by atoms with Crippen LogP contribution in [-0.4, -0.2) is 67.5 Å². The highest BCUT2D eigenvalue weighted by Crippen LogP contribution is 2.34. The van der Waals surface area contributed by atoms with E-state index in [1.54, 1.807) is 22.5 Å². The first kappa shape index (κ1) is 23.8. The Labute approximate surface area is 189 Å². The second-order valence-electron chi connectivity index (χ2n) is 8.27. The smallest absolute Gasteiger partial charge is 0.254 e. The van der Waals surface area contributed by atoms with Crippen molar-refractivity contribution in [3.05, 3.63) is 33.8 Å². The molecule has 3 rings (SSSR count). The number of benzene rings is 1. The summed E-state index contributed by atoms with van der Waals surface area (Å²) in [6.45, 7) is 4.79. The Morgan fingerprint density at radius 3 is 2.23 bits per heavy atom. The SMILES string of the molecule is CCCS(=O)(=O)N1CCN(C2(CNC(=O)c3c(Cl)cccc3Cl)CCCCC2)CC1. The molecule has 2 aliphatic rings. The molecule has 1 N–H and O–H groups in total. The molecule has 0 atom stereocenters. The zero-order valence-electron chi connectivity index (χ0n) is 17.5. The van der Waals surface area contributed by atoms with E-state index in [0.29, 0.717) is 54.8 Å². The highest BCUT2D eigenvalue weighted by atomic mass is 35.5. The minimum atomic E-state index is -3.17. The largest absolute Gasteiger partial charge is 0.350 e. The van der Waals surface area contributed by atoms with Gasteiger partial charge in [0.15, 0.2) is 0 Å². The first-order chi connectivity index (χ1) is 14.3. The van der Waals surface area contributed by atoms with Crippen molar-refractivity contribution >= 4 is 39.1 Å². The van der Waals surface area contributed by atoms with Gasteiger partial charge in [-0.2, -0.15) is 4.31 Å². The Bertz CT molecular complexity index is 829. The molecule has 1 aliphatic heterocycles. The lowest BCUT2D eigenvalue weighted by atomic mass is 9.79. The Balaban J connectivity index is 1.69. The highest BCUT2D eigenvalue weighted by molar-refractivity contribution is 7.89. The lowest BCUT2D eigenvalue weighted by Crippen LogP contribution is -2.62. The number of nitrogens with zero attached hydrogens (tertiary/aromatic N) is 2. The normalized spacial score (nSPS) is 20.8. The molecule has 0 bridgehead atoms. The van der Waals surface area contributed by atoms with Gasteiger partial charge in [0.2, 0.25) is 10.0 Å². The molecule has 30 heavy (non-hydrogen) atoms. The van der Waals surface area contributed by atoms with Crippen molar-refractivity contribution in [2.75, 3.05) is 38.5 Å². The van der Waals surface area contributed by atoms with Crippen molar-refractivity contribution in [1.29, 1.82) is 0 Å². The highest BCUT2D eigenvalue weighted by Gasteiger charge is 2.41. The van der Waals surface area contributed by atoms with E-state index >= 15 is 0 Å². The fourth-order valence-corrected chi connectivity index (χ4v) is 6.75. The summed E-state index contributed by atoms with van der Waals surface area (Å²) in [4.78, 5) is 15.2. The number of sulfonamides is 1. The maximum absolute atomic E-state index is 12.8. The minimum Gasteiger partial charge on any atom is -0.350 e. The van der Waals surface area contributed by atoms with Crippen LogP contribution in [0, 0.1) is 0 Å². The summed E-state index contributed by atoms with van der Waals surface area (Å²) in [5.74, 6) is -0.0630. The molecule has 1 aromatic rings. The predicted molar refractivity (Wildman–Crippen MR) is 122 cm³/mol. The number of piperazine rings is 1. The van der Waals surface area contributed by atoms with Crippen LogP contribution >= 0.6 is 23.2 Å². The number of halogens is 2. The van der Waals surface area contributed by atoms with Crippen molar-refractivity contribution < 1.29 is 13.2 Å². The molecular weight excluding hydrogens is 445 g/mol. The lowest BCUT2D eigenvalue weighted by molar-refractivity contribution is 0.0240. The topological polar surface area (TPSA) is 69.7 Å². The van der Waals surface area contributed by atoms with Crippen molar-refractivity contribution in [3.63, 3.8) is 0 Å². The molecule has 1 heterocycles. The lowest BCUT2D eigenvalue weighted by Gasteiger charge is -2.49. The predicted octanol–water partition coefficient (Wildman–Crippen LogP) is 3.78. The van der Waals surface area contributed by atoms with Gasteiger partial charge in [0.25, 0.3) is 5.91 Å². The van der Waals surface area contributed by atoms with Gasteiger partial charge in [-0.3, -0.25) is 9.69 Å².